The molecule has 1 aliphatic rings. The smallest absolute Gasteiger partial charge is 0.318 e. The molecule has 18 heavy (non-hydrogen) atoms. The van der Waals surface area contributed by atoms with Gasteiger partial charge in [0, 0.05) is 13.1 Å². The second-order valence-corrected chi connectivity index (χ2v) is 4.32. The molecule has 4 nitrogen and oxygen atoms in total. The summed E-state index contributed by atoms with van der Waals surface area (Å²) in [4.78, 5) is 13.7. The topological polar surface area (TPSA) is 52.6 Å². The maximum Gasteiger partial charge on any atom is 0.318 e. The van der Waals surface area contributed by atoms with Crippen molar-refractivity contribution in [3.63, 3.8) is 0 Å². The van der Waals surface area contributed by atoms with Crippen LogP contribution in [0.1, 0.15) is 17.2 Å². The number of rotatable bonds is 3. The second-order valence-electron chi connectivity index (χ2n) is 4.32. The molecular weight excluding hydrogens is 228 g/mol. The van der Waals surface area contributed by atoms with Crippen LogP contribution in [0.5, 0.6) is 0 Å². The molecule has 96 valence electrons. The van der Waals surface area contributed by atoms with Gasteiger partial charge in [-0.3, -0.25) is 0 Å². The Hall–Kier alpha value is -1.81. The minimum atomic E-state index is -0.250. The first-order valence-corrected chi connectivity index (χ1v) is 6.12. The highest BCUT2D eigenvalue weighted by atomic mass is 16.3. The van der Waals surface area contributed by atoms with E-state index in [-0.39, 0.29) is 18.7 Å². The van der Waals surface area contributed by atoms with Crippen molar-refractivity contribution in [3.8, 4) is 0 Å². The van der Waals surface area contributed by atoms with Crippen molar-refractivity contribution in [3.05, 3.63) is 48.0 Å². The fourth-order valence-electron chi connectivity index (χ4n) is 2.35. The first-order chi connectivity index (χ1) is 8.77. The summed E-state index contributed by atoms with van der Waals surface area (Å²) in [7, 11) is 0. The van der Waals surface area contributed by atoms with Gasteiger partial charge in [0.2, 0.25) is 0 Å². The van der Waals surface area contributed by atoms with Crippen LogP contribution < -0.4 is 5.32 Å². The minimum Gasteiger partial charge on any atom is -0.394 e. The number of carbonyl (C=O) groups excluding carboxylic acids is 1. The number of amides is 2. The van der Waals surface area contributed by atoms with Crippen LogP contribution in [0.25, 0.3) is 0 Å². The minimum absolute atomic E-state index is 0.0570. The average molecular weight is 246 g/mol. The summed E-state index contributed by atoms with van der Waals surface area (Å²) in [6, 6.07) is 7.55. The lowest BCUT2D eigenvalue weighted by Gasteiger charge is -2.36. The summed E-state index contributed by atoms with van der Waals surface area (Å²) < 4.78 is 0. The average Bonchev–Trinajstić information content (AvgIpc) is 2.43. The van der Waals surface area contributed by atoms with Crippen LogP contribution in [-0.2, 0) is 6.42 Å². The third-order valence-corrected chi connectivity index (χ3v) is 3.24. The Morgan fingerprint density at radius 3 is 3.06 bits per heavy atom. The molecule has 1 atom stereocenters. The van der Waals surface area contributed by atoms with E-state index in [2.05, 4.69) is 18.0 Å². The largest absolute Gasteiger partial charge is 0.394 e. The van der Waals surface area contributed by atoms with Crippen LogP contribution in [0.4, 0.5) is 4.79 Å². The molecule has 0 bridgehead atoms. The second kappa shape index (κ2) is 5.69. The summed E-state index contributed by atoms with van der Waals surface area (Å²) in [6.45, 7) is 4.58. The zero-order valence-corrected chi connectivity index (χ0v) is 10.3. The van der Waals surface area contributed by atoms with E-state index in [1.807, 2.05) is 18.2 Å². The SMILES string of the molecule is C=CCNC(=O)N1CCc2ccccc2C1CO. The van der Waals surface area contributed by atoms with Gasteiger partial charge in [-0.05, 0) is 17.5 Å². The van der Waals surface area contributed by atoms with E-state index in [1.165, 1.54) is 5.56 Å². The van der Waals surface area contributed by atoms with Crippen molar-refractivity contribution >= 4 is 6.03 Å². The monoisotopic (exact) mass is 246 g/mol. The third-order valence-electron chi connectivity index (χ3n) is 3.24. The number of hydrogen-bond acceptors (Lipinski definition) is 2. The fraction of sp³-hybridized carbons (Fsp3) is 0.357. The highest BCUT2D eigenvalue weighted by Gasteiger charge is 2.29. The maximum absolute atomic E-state index is 12.0. The highest BCUT2D eigenvalue weighted by Crippen LogP contribution is 2.29. The summed E-state index contributed by atoms with van der Waals surface area (Å²) >= 11 is 0. The predicted octanol–water partition coefficient (Wildman–Crippen LogP) is 1.47. The molecule has 2 amide bonds. The number of aliphatic hydroxyl groups excluding tert-OH is 1. The van der Waals surface area contributed by atoms with Gasteiger partial charge in [0.25, 0.3) is 0 Å². The number of carbonyl (C=O) groups is 1. The van der Waals surface area contributed by atoms with Crippen molar-refractivity contribution in [1.29, 1.82) is 0 Å². The molecule has 1 aromatic carbocycles. The van der Waals surface area contributed by atoms with E-state index in [0.717, 1.165) is 12.0 Å². The lowest BCUT2D eigenvalue weighted by molar-refractivity contribution is 0.127. The van der Waals surface area contributed by atoms with Gasteiger partial charge in [-0.25, -0.2) is 4.79 Å². The number of benzene rings is 1. The van der Waals surface area contributed by atoms with Crippen molar-refractivity contribution < 1.29 is 9.90 Å². The molecule has 0 aliphatic carbocycles. The van der Waals surface area contributed by atoms with Crippen molar-refractivity contribution in [2.45, 2.75) is 12.5 Å². The molecule has 1 aromatic rings. The molecule has 4 heteroatoms. The van der Waals surface area contributed by atoms with E-state index in [0.29, 0.717) is 13.1 Å². The Kier molecular flexibility index (Phi) is 3.99. The van der Waals surface area contributed by atoms with Gasteiger partial charge in [-0.1, -0.05) is 30.3 Å². The molecule has 0 radical (unpaired) electrons. The lowest BCUT2D eigenvalue weighted by Crippen LogP contribution is -2.46. The van der Waals surface area contributed by atoms with Gasteiger partial charge in [0.15, 0.2) is 0 Å². The molecule has 0 saturated heterocycles. The molecule has 0 aromatic heterocycles. The number of nitrogens with zero attached hydrogens (tertiary/aromatic N) is 1. The first-order valence-electron chi connectivity index (χ1n) is 6.12. The Balaban J connectivity index is 2.20. The number of urea groups is 1. The predicted molar refractivity (Wildman–Crippen MR) is 70.3 cm³/mol. The van der Waals surface area contributed by atoms with Gasteiger partial charge in [0.1, 0.15) is 0 Å². The third kappa shape index (κ3) is 2.38. The normalized spacial score (nSPS) is 18.1. The van der Waals surface area contributed by atoms with Crippen LogP contribution in [0.15, 0.2) is 36.9 Å². The van der Waals surface area contributed by atoms with Crippen LogP contribution >= 0.6 is 0 Å². The molecule has 0 fully saturated rings. The molecule has 1 unspecified atom stereocenters. The maximum atomic E-state index is 12.0. The number of fused-ring (bicyclic) bond motifs is 1. The first kappa shape index (κ1) is 12.6. The Bertz CT molecular complexity index is 445. The van der Waals surface area contributed by atoms with Gasteiger partial charge < -0.3 is 15.3 Å². The molecule has 2 rings (SSSR count). The number of aliphatic hydroxyl groups is 1. The van der Waals surface area contributed by atoms with Crippen LogP contribution in [0, 0.1) is 0 Å². The van der Waals surface area contributed by atoms with Gasteiger partial charge in [-0.15, -0.1) is 6.58 Å². The van der Waals surface area contributed by atoms with E-state index in [4.69, 9.17) is 0 Å². The van der Waals surface area contributed by atoms with Gasteiger partial charge in [0.05, 0.1) is 12.6 Å². The quantitative estimate of drug-likeness (QED) is 0.794. The van der Waals surface area contributed by atoms with Gasteiger partial charge >= 0.3 is 6.03 Å². The zero-order chi connectivity index (χ0) is 13.0. The molecular formula is C14H18N2O2. The van der Waals surface area contributed by atoms with E-state index >= 15 is 0 Å². The van der Waals surface area contributed by atoms with Gasteiger partial charge in [-0.2, -0.15) is 0 Å². The summed E-state index contributed by atoms with van der Waals surface area (Å²) in [5.41, 5.74) is 2.25. The Morgan fingerprint density at radius 2 is 2.33 bits per heavy atom. The zero-order valence-electron chi connectivity index (χ0n) is 10.3. The molecule has 1 heterocycles. The Morgan fingerprint density at radius 1 is 1.56 bits per heavy atom. The van der Waals surface area contributed by atoms with Crippen molar-refractivity contribution in [1.82, 2.24) is 10.2 Å². The molecule has 0 spiro atoms. The van der Waals surface area contributed by atoms with Crippen molar-refractivity contribution in [2.75, 3.05) is 19.7 Å². The molecule has 2 N–H and O–H groups in total. The fourth-order valence-corrected chi connectivity index (χ4v) is 2.35. The van der Waals surface area contributed by atoms with Crippen molar-refractivity contribution in [2.24, 2.45) is 0 Å². The standard InChI is InChI=1S/C14H18N2O2/c1-2-8-15-14(18)16-9-7-11-5-3-4-6-12(11)13(16)10-17/h2-6,13,17H,1,7-10H2,(H,15,18). The van der Waals surface area contributed by atoms with E-state index < -0.39 is 0 Å². The molecule has 0 saturated carbocycles. The van der Waals surface area contributed by atoms with Crippen LogP contribution in [0.2, 0.25) is 0 Å². The highest BCUT2D eigenvalue weighted by molar-refractivity contribution is 5.75. The number of nitrogens with one attached hydrogen (secondary N) is 1. The number of hydrogen-bond donors (Lipinski definition) is 2. The summed E-state index contributed by atoms with van der Waals surface area (Å²) in [5, 5.41) is 12.3. The van der Waals surface area contributed by atoms with E-state index in [9.17, 15) is 9.90 Å². The summed E-state index contributed by atoms with van der Waals surface area (Å²) in [6.07, 6.45) is 2.47. The van der Waals surface area contributed by atoms with Crippen LogP contribution in [0.3, 0.4) is 0 Å². The summed E-state index contributed by atoms with van der Waals surface area (Å²) in [5.74, 6) is 0. The van der Waals surface area contributed by atoms with E-state index in [1.54, 1.807) is 11.0 Å². The van der Waals surface area contributed by atoms with Crippen LogP contribution in [-0.4, -0.2) is 35.7 Å². The molecule has 1 aliphatic heterocycles. The lowest BCUT2D eigenvalue weighted by atomic mass is 9.93. The Labute approximate surface area is 107 Å².